The molecule has 2 aromatic carbocycles. The lowest BCUT2D eigenvalue weighted by Gasteiger charge is -2.38. The summed E-state index contributed by atoms with van der Waals surface area (Å²) in [6.45, 7) is 1.03. The summed E-state index contributed by atoms with van der Waals surface area (Å²) in [7, 11) is 0. The second-order valence-electron chi connectivity index (χ2n) is 7.44. The van der Waals surface area contributed by atoms with Gasteiger partial charge in [0.25, 0.3) is 0 Å². The minimum Gasteiger partial charge on any atom is -0.489 e. The van der Waals surface area contributed by atoms with Crippen molar-refractivity contribution in [1.82, 2.24) is 5.32 Å². The van der Waals surface area contributed by atoms with Gasteiger partial charge >= 0.3 is 0 Å². The fourth-order valence-electron chi connectivity index (χ4n) is 4.05. The van der Waals surface area contributed by atoms with Crippen LogP contribution in [0, 0.1) is 5.82 Å². The number of benzene rings is 2. The molecule has 1 atom stereocenters. The van der Waals surface area contributed by atoms with Crippen molar-refractivity contribution >= 4 is 11.6 Å². The summed E-state index contributed by atoms with van der Waals surface area (Å²) in [5, 5.41) is 3.16. The topological polar surface area (TPSA) is 41.6 Å². The SMILES string of the molecule is O=C(C[C@H]1COc2cc(F)ccc2N1Cc1ccccc1)NC1CCCC1. The van der Waals surface area contributed by atoms with Crippen LogP contribution >= 0.6 is 0 Å². The van der Waals surface area contributed by atoms with E-state index in [-0.39, 0.29) is 17.8 Å². The molecule has 1 heterocycles. The van der Waals surface area contributed by atoms with E-state index in [1.165, 1.54) is 25.0 Å². The van der Waals surface area contributed by atoms with Crippen LogP contribution < -0.4 is 15.0 Å². The number of hydrogen-bond acceptors (Lipinski definition) is 3. The van der Waals surface area contributed by atoms with Crippen LogP contribution in [0.2, 0.25) is 0 Å². The Labute approximate surface area is 159 Å². The molecule has 2 aromatic rings. The predicted octanol–water partition coefficient (Wildman–Crippen LogP) is 4.04. The van der Waals surface area contributed by atoms with Crippen molar-refractivity contribution in [3.63, 3.8) is 0 Å². The number of anilines is 1. The van der Waals surface area contributed by atoms with Gasteiger partial charge in [-0.15, -0.1) is 0 Å². The first kappa shape index (κ1) is 17.8. The molecule has 0 aromatic heterocycles. The van der Waals surface area contributed by atoms with Gasteiger partial charge in [-0.1, -0.05) is 43.2 Å². The lowest BCUT2D eigenvalue weighted by atomic mass is 10.1. The summed E-state index contributed by atoms with van der Waals surface area (Å²) in [5.41, 5.74) is 1.99. The highest BCUT2D eigenvalue weighted by Gasteiger charge is 2.30. The molecule has 0 saturated heterocycles. The Morgan fingerprint density at radius 2 is 1.93 bits per heavy atom. The van der Waals surface area contributed by atoms with E-state index in [9.17, 15) is 9.18 Å². The normalized spacial score (nSPS) is 19.4. The van der Waals surface area contributed by atoms with E-state index >= 15 is 0 Å². The van der Waals surface area contributed by atoms with Gasteiger partial charge in [-0.25, -0.2) is 4.39 Å². The van der Waals surface area contributed by atoms with Gasteiger partial charge in [0.15, 0.2) is 0 Å². The number of carbonyl (C=O) groups is 1. The first-order valence-electron chi connectivity index (χ1n) is 9.71. The van der Waals surface area contributed by atoms with Crippen LogP contribution in [-0.2, 0) is 11.3 Å². The Morgan fingerprint density at radius 3 is 2.70 bits per heavy atom. The molecule has 1 amide bonds. The number of carbonyl (C=O) groups excluding carboxylic acids is 1. The number of amides is 1. The van der Waals surface area contributed by atoms with E-state index < -0.39 is 0 Å². The third-order valence-electron chi connectivity index (χ3n) is 5.44. The number of fused-ring (bicyclic) bond motifs is 1. The Kier molecular flexibility index (Phi) is 5.28. The highest BCUT2D eigenvalue weighted by Crippen LogP contribution is 2.36. The fourth-order valence-corrected chi connectivity index (χ4v) is 4.05. The molecule has 1 fully saturated rings. The van der Waals surface area contributed by atoms with Gasteiger partial charge in [0.1, 0.15) is 18.2 Å². The maximum Gasteiger partial charge on any atom is 0.222 e. The van der Waals surface area contributed by atoms with Crippen LogP contribution in [0.15, 0.2) is 48.5 Å². The van der Waals surface area contributed by atoms with E-state index in [4.69, 9.17) is 4.74 Å². The second-order valence-corrected chi connectivity index (χ2v) is 7.44. The molecular formula is C22H25FN2O2. The third kappa shape index (κ3) is 4.24. The summed E-state index contributed by atoms with van der Waals surface area (Å²) < 4.78 is 19.4. The largest absolute Gasteiger partial charge is 0.489 e. The standard InChI is InChI=1S/C22H25FN2O2/c23-17-10-11-20-21(12-17)27-15-19(13-22(26)24-18-8-4-5-9-18)25(20)14-16-6-2-1-3-7-16/h1-3,6-7,10-12,18-19H,4-5,8-9,13-15H2,(H,24,26)/t19-/m0/s1. The van der Waals surface area contributed by atoms with Gasteiger partial charge in [-0.3, -0.25) is 4.79 Å². The van der Waals surface area contributed by atoms with Crippen LogP contribution in [0.1, 0.15) is 37.7 Å². The predicted molar refractivity (Wildman–Crippen MR) is 103 cm³/mol. The zero-order valence-corrected chi connectivity index (χ0v) is 15.4. The van der Waals surface area contributed by atoms with Crippen molar-refractivity contribution < 1.29 is 13.9 Å². The van der Waals surface area contributed by atoms with E-state index in [1.807, 2.05) is 18.2 Å². The van der Waals surface area contributed by atoms with Crippen molar-refractivity contribution in [3.05, 3.63) is 59.9 Å². The Hall–Kier alpha value is -2.56. The lowest BCUT2D eigenvalue weighted by molar-refractivity contribution is -0.122. The molecule has 4 rings (SSSR count). The van der Waals surface area contributed by atoms with Gasteiger partial charge < -0.3 is 15.0 Å². The lowest BCUT2D eigenvalue weighted by Crippen LogP contribution is -2.46. The number of halogens is 1. The molecule has 27 heavy (non-hydrogen) atoms. The van der Waals surface area contributed by atoms with Crippen LogP contribution in [0.5, 0.6) is 5.75 Å². The van der Waals surface area contributed by atoms with E-state index in [1.54, 1.807) is 6.07 Å². The monoisotopic (exact) mass is 368 g/mol. The Bertz CT molecular complexity index is 790. The van der Waals surface area contributed by atoms with Gasteiger partial charge in [-0.2, -0.15) is 0 Å². The molecule has 0 unspecified atom stereocenters. The molecule has 142 valence electrons. The molecule has 5 heteroatoms. The van der Waals surface area contributed by atoms with E-state index in [0.717, 1.165) is 24.1 Å². The number of hydrogen-bond donors (Lipinski definition) is 1. The molecule has 0 spiro atoms. The maximum atomic E-state index is 13.6. The van der Waals surface area contributed by atoms with Gasteiger partial charge in [-0.05, 0) is 30.5 Å². The molecular weight excluding hydrogens is 343 g/mol. The van der Waals surface area contributed by atoms with Gasteiger partial charge in [0.05, 0.1) is 18.2 Å². The molecule has 1 N–H and O–H groups in total. The molecule has 1 aliphatic carbocycles. The van der Waals surface area contributed by atoms with Crippen molar-refractivity contribution in [3.8, 4) is 5.75 Å². The quantitative estimate of drug-likeness (QED) is 0.866. The zero-order valence-electron chi connectivity index (χ0n) is 15.4. The number of rotatable bonds is 5. The van der Waals surface area contributed by atoms with Crippen LogP contribution in [0.25, 0.3) is 0 Å². The van der Waals surface area contributed by atoms with Crippen LogP contribution in [0.4, 0.5) is 10.1 Å². The first-order valence-corrected chi connectivity index (χ1v) is 9.71. The maximum absolute atomic E-state index is 13.6. The molecule has 0 radical (unpaired) electrons. The second kappa shape index (κ2) is 7.99. The smallest absolute Gasteiger partial charge is 0.222 e. The zero-order chi connectivity index (χ0) is 18.6. The van der Waals surface area contributed by atoms with Crippen molar-refractivity contribution in [2.45, 2.75) is 50.7 Å². The molecule has 0 bridgehead atoms. The highest BCUT2D eigenvalue weighted by molar-refractivity contribution is 5.78. The summed E-state index contributed by atoms with van der Waals surface area (Å²) in [6, 6.07) is 15.0. The van der Waals surface area contributed by atoms with E-state index in [2.05, 4.69) is 22.3 Å². The molecule has 1 aliphatic heterocycles. The van der Waals surface area contributed by atoms with Gasteiger partial charge in [0, 0.05) is 18.7 Å². The van der Waals surface area contributed by atoms with Gasteiger partial charge in [0.2, 0.25) is 5.91 Å². The summed E-state index contributed by atoms with van der Waals surface area (Å²) in [5.74, 6) is 0.295. The summed E-state index contributed by atoms with van der Waals surface area (Å²) >= 11 is 0. The Balaban J connectivity index is 1.53. The number of ether oxygens (including phenoxy) is 1. The molecule has 4 nitrogen and oxygen atoms in total. The average Bonchev–Trinajstić information content (AvgIpc) is 3.17. The fraction of sp³-hybridized carbons (Fsp3) is 0.409. The minimum atomic E-state index is -0.314. The van der Waals surface area contributed by atoms with Crippen molar-refractivity contribution in [2.24, 2.45) is 0 Å². The van der Waals surface area contributed by atoms with Crippen LogP contribution in [-0.4, -0.2) is 24.6 Å². The molecule has 2 aliphatic rings. The number of nitrogens with one attached hydrogen (secondary N) is 1. The van der Waals surface area contributed by atoms with Crippen LogP contribution in [0.3, 0.4) is 0 Å². The van der Waals surface area contributed by atoms with Crippen molar-refractivity contribution in [1.29, 1.82) is 0 Å². The Morgan fingerprint density at radius 1 is 1.15 bits per heavy atom. The summed E-state index contributed by atoms with van der Waals surface area (Å²) in [4.78, 5) is 14.7. The first-order chi connectivity index (χ1) is 13.2. The third-order valence-corrected chi connectivity index (χ3v) is 5.44. The average molecular weight is 368 g/mol. The summed E-state index contributed by atoms with van der Waals surface area (Å²) in [6.07, 6.45) is 4.90. The van der Waals surface area contributed by atoms with E-state index in [0.29, 0.717) is 31.4 Å². The van der Waals surface area contributed by atoms with Crippen molar-refractivity contribution in [2.75, 3.05) is 11.5 Å². The minimum absolute atomic E-state index is 0.0686. The highest BCUT2D eigenvalue weighted by atomic mass is 19.1. The molecule has 1 saturated carbocycles. The number of nitrogens with zero attached hydrogens (tertiary/aromatic N) is 1.